The lowest BCUT2D eigenvalue weighted by Gasteiger charge is -2.13. The maximum Gasteiger partial charge on any atom is 0.217 e. The van der Waals surface area contributed by atoms with Gasteiger partial charge in [-0.1, -0.05) is 24.3 Å². The molecule has 2 rings (SSSR count). The minimum absolute atomic E-state index is 0.0303. The SMILES string of the molecule is Cc1csc(C(C)NCc2ccc(CS(=O)(=O)N(C)C)cc2)n1. The lowest BCUT2D eigenvalue weighted by Crippen LogP contribution is -2.23. The Morgan fingerprint density at radius 1 is 1.22 bits per heavy atom. The van der Waals surface area contributed by atoms with Crippen LogP contribution in [-0.2, 0) is 22.3 Å². The average Bonchev–Trinajstić information content (AvgIpc) is 2.92. The molecule has 0 bridgehead atoms. The monoisotopic (exact) mass is 353 g/mol. The molecule has 1 aromatic heterocycles. The van der Waals surface area contributed by atoms with Crippen LogP contribution in [0.5, 0.6) is 0 Å². The van der Waals surface area contributed by atoms with E-state index < -0.39 is 10.0 Å². The third-order valence-electron chi connectivity index (χ3n) is 3.55. The van der Waals surface area contributed by atoms with Gasteiger partial charge in [-0.15, -0.1) is 11.3 Å². The number of hydrogen-bond acceptors (Lipinski definition) is 5. The quantitative estimate of drug-likeness (QED) is 0.831. The Kier molecular flexibility index (Phi) is 5.91. The predicted molar refractivity (Wildman–Crippen MR) is 94.9 cm³/mol. The Morgan fingerprint density at radius 3 is 2.35 bits per heavy atom. The van der Waals surface area contributed by atoms with Crippen molar-refractivity contribution in [2.24, 2.45) is 0 Å². The second-order valence-electron chi connectivity index (χ2n) is 5.78. The van der Waals surface area contributed by atoms with Gasteiger partial charge in [0.2, 0.25) is 10.0 Å². The Balaban J connectivity index is 1.92. The van der Waals surface area contributed by atoms with E-state index in [-0.39, 0.29) is 11.8 Å². The highest BCUT2D eigenvalue weighted by Crippen LogP contribution is 2.18. The van der Waals surface area contributed by atoms with Gasteiger partial charge in [0.1, 0.15) is 5.01 Å². The van der Waals surface area contributed by atoms with Crippen molar-refractivity contribution in [3.63, 3.8) is 0 Å². The van der Waals surface area contributed by atoms with Crippen LogP contribution in [0.4, 0.5) is 0 Å². The van der Waals surface area contributed by atoms with Gasteiger partial charge in [0.25, 0.3) is 0 Å². The van der Waals surface area contributed by atoms with E-state index in [1.807, 2.05) is 36.6 Å². The van der Waals surface area contributed by atoms with Crippen LogP contribution in [-0.4, -0.2) is 31.8 Å². The van der Waals surface area contributed by atoms with Gasteiger partial charge < -0.3 is 5.32 Å². The van der Waals surface area contributed by atoms with Gasteiger partial charge in [0, 0.05) is 31.7 Å². The minimum atomic E-state index is -3.21. The van der Waals surface area contributed by atoms with E-state index in [2.05, 4.69) is 17.2 Å². The van der Waals surface area contributed by atoms with E-state index in [0.29, 0.717) is 0 Å². The molecule has 1 aromatic carbocycles. The molecule has 23 heavy (non-hydrogen) atoms. The summed E-state index contributed by atoms with van der Waals surface area (Å²) < 4.78 is 25.0. The molecule has 0 saturated carbocycles. The summed E-state index contributed by atoms with van der Waals surface area (Å²) in [6.07, 6.45) is 0. The van der Waals surface area contributed by atoms with Crippen molar-refractivity contribution >= 4 is 21.4 Å². The third kappa shape index (κ3) is 5.10. The van der Waals surface area contributed by atoms with Crippen LogP contribution in [0.3, 0.4) is 0 Å². The smallest absolute Gasteiger partial charge is 0.217 e. The van der Waals surface area contributed by atoms with Crippen molar-refractivity contribution in [3.8, 4) is 0 Å². The summed E-state index contributed by atoms with van der Waals surface area (Å²) in [5, 5.41) is 6.56. The first-order valence-electron chi connectivity index (χ1n) is 7.41. The van der Waals surface area contributed by atoms with Crippen LogP contribution >= 0.6 is 11.3 Å². The Bertz CT molecular complexity index is 737. The Morgan fingerprint density at radius 2 is 1.83 bits per heavy atom. The number of thiazole rings is 1. The highest BCUT2D eigenvalue weighted by Gasteiger charge is 2.14. The molecule has 5 nitrogen and oxygen atoms in total. The van der Waals surface area contributed by atoms with Crippen LogP contribution in [0, 0.1) is 6.92 Å². The van der Waals surface area contributed by atoms with Gasteiger partial charge in [-0.3, -0.25) is 0 Å². The summed E-state index contributed by atoms with van der Waals surface area (Å²) in [6, 6.07) is 7.87. The molecule has 126 valence electrons. The molecule has 0 aliphatic carbocycles. The number of hydrogen-bond donors (Lipinski definition) is 1. The first-order valence-corrected chi connectivity index (χ1v) is 9.90. The zero-order valence-electron chi connectivity index (χ0n) is 13.9. The molecule has 1 N–H and O–H groups in total. The van der Waals surface area contributed by atoms with Crippen LogP contribution < -0.4 is 5.32 Å². The lowest BCUT2D eigenvalue weighted by molar-refractivity contribution is 0.519. The number of sulfonamides is 1. The average molecular weight is 354 g/mol. The summed E-state index contributed by atoms with van der Waals surface area (Å²) in [6.45, 7) is 4.81. The van der Waals surface area contributed by atoms with E-state index in [1.165, 1.54) is 4.31 Å². The number of benzene rings is 1. The zero-order valence-corrected chi connectivity index (χ0v) is 15.5. The highest BCUT2D eigenvalue weighted by molar-refractivity contribution is 7.88. The molecule has 0 saturated heterocycles. The number of nitrogens with zero attached hydrogens (tertiary/aromatic N) is 2. The van der Waals surface area contributed by atoms with Crippen LogP contribution in [0.2, 0.25) is 0 Å². The van der Waals surface area contributed by atoms with Gasteiger partial charge in [0.05, 0.1) is 11.8 Å². The predicted octanol–water partition coefficient (Wildman–Crippen LogP) is 2.69. The second kappa shape index (κ2) is 7.53. The number of nitrogens with one attached hydrogen (secondary N) is 1. The van der Waals surface area contributed by atoms with Gasteiger partial charge >= 0.3 is 0 Å². The molecule has 0 amide bonds. The van der Waals surface area contributed by atoms with Crippen LogP contribution in [0.1, 0.15) is 34.8 Å². The molecule has 0 fully saturated rings. The standard InChI is InChI=1S/C16H23N3O2S2/c1-12-10-22-16(18-12)13(2)17-9-14-5-7-15(8-6-14)11-23(20,21)19(3)4/h5-8,10,13,17H,9,11H2,1-4H3. The van der Waals surface area contributed by atoms with Crippen molar-refractivity contribution in [2.45, 2.75) is 32.2 Å². The fourth-order valence-corrected chi connectivity index (χ4v) is 3.72. The van der Waals surface area contributed by atoms with E-state index in [0.717, 1.165) is 28.4 Å². The number of aryl methyl sites for hydroxylation is 1. The molecule has 7 heteroatoms. The van der Waals surface area contributed by atoms with Gasteiger partial charge in [0.15, 0.2) is 0 Å². The first kappa shape index (κ1) is 18.1. The summed E-state index contributed by atoms with van der Waals surface area (Å²) in [5.74, 6) is 0.0303. The molecular weight excluding hydrogens is 330 g/mol. The molecular formula is C16H23N3O2S2. The number of rotatable bonds is 7. The van der Waals surface area contributed by atoms with Gasteiger partial charge in [-0.25, -0.2) is 17.7 Å². The summed E-state index contributed by atoms with van der Waals surface area (Å²) in [7, 11) is -0.111. The molecule has 0 radical (unpaired) electrons. The van der Waals surface area contributed by atoms with E-state index >= 15 is 0 Å². The lowest BCUT2D eigenvalue weighted by atomic mass is 10.1. The second-order valence-corrected chi connectivity index (χ2v) is 8.86. The molecule has 0 spiro atoms. The fraction of sp³-hybridized carbons (Fsp3) is 0.438. The molecule has 0 aliphatic rings. The summed E-state index contributed by atoms with van der Waals surface area (Å²) >= 11 is 1.66. The molecule has 1 heterocycles. The molecule has 0 aliphatic heterocycles. The fourth-order valence-electron chi connectivity index (χ4n) is 2.02. The topological polar surface area (TPSA) is 62.3 Å². The largest absolute Gasteiger partial charge is 0.304 e. The zero-order chi connectivity index (χ0) is 17.0. The molecule has 1 unspecified atom stereocenters. The van der Waals surface area contributed by atoms with E-state index in [9.17, 15) is 8.42 Å². The Labute approximate surface area is 142 Å². The Hall–Kier alpha value is -1.28. The summed E-state index contributed by atoms with van der Waals surface area (Å²) in [5.41, 5.74) is 2.97. The van der Waals surface area contributed by atoms with Crippen molar-refractivity contribution in [2.75, 3.05) is 14.1 Å². The molecule has 1 atom stereocenters. The van der Waals surface area contributed by atoms with Crippen molar-refractivity contribution in [1.29, 1.82) is 0 Å². The first-order chi connectivity index (χ1) is 10.8. The number of aromatic nitrogens is 1. The van der Waals surface area contributed by atoms with Crippen LogP contribution in [0.25, 0.3) is 0 Å². The third-order valence-corrected chi connectivity index (χ3v) is 6.50. The summed E-state index contributed by atoms with van der Waals surface area (Å²) in [4.78, 5) is 4.48. The maximum absolute atomic E-state index is 11.9. The van der Waals surface area contributed by atoms with Crippen LogP contribution in [0.15, 0.2) is 29.6 Å². The van der Waals surface area contributed by atoms with E-state index in [4.69, 9.17) is 0 Å². The normalized spacial score (nSPS) is 13.4. The minimum Gasteiger partial charge on any atom is -0.304 e. The van der Waals surface area contributed by atoms with Gasteiger partial charge in [-0.05, 0) is 25.0 Å². The van der Waals surface area contributed by atoms with Crippen molar-refractivity contribution in [1.82, 2.24) is 14.6 Å². The van der Waals surface area contributed by atoms with Crippen molar-refractivity contribution in [3.05, 3.63) is 51.5 Å². The van der Waals surface area contributed by atoms with Gasteiger partial charge in [-0.2, -0.15) is 0 Å². The molecule has 2 aromatic rings. The highest BCUT2D eigenvalue weighted by atomic mass is 32.2. The van der Waals surface area contributed by atoms with Crippen molar-refractivity contribution < 1.29 is 8.42 Å². The maximum atomic E-state index is 11.9. The van der Waals surface area contributed by atoms with E-state index in [1.54, 1.807) is 25.4 Å².